The largest absolute Gasteiger partial charge is 0.344 e. The molecule has 0 bridgehead atoms. The number of nitrogens with one attached hydrogen (secondary N) is 2. The number of likely N-dealkylation sites (tertiary alicyclic amines) is 1. The van der Waals surface area contributed by atoms with Crippen molar-refractivity contribution in [2.75, 3.05) is 11.9 Å². The molecule has 0 spiro atoms. The van der Waals surface area contributed by atoms with Crippen LogP contribution in [0.3, 0.4) is 0 Å². The van der Waals surface area contributed by atoms with Gasteiger partial charge in [-0.05, 0) is 50.2 Å². The van der Waals surface area contributed by atoms with Crippen molar-refractivity contribution in [3.8, 4) is 0 Å². The Bertz CT molecular complexity index is 730. The van der Waals surface area contributed by atoms with Crippen LogP contribution in [0.4, 0.5) is 5.69 Å². The normalized spacial score (nSPS) is 21.7. The van der Waals surface area contributed by atoms with Gasteiger partial charge < -0.3 is 15.5 Å². The Morgan fingerprint density at radius 1 is 1.03 bits per heavy atom. The van der Waals surface area contributed by atoms with Crippen LogP contribution < -0.4 is 10.6 Å². The summed E-state index contributed by atoms with van der Waals surface area (Å²) in [6.07, 6.45) is 7.46. The van der Waals surface area contributed by atoms with E-state index in [9.17, 15) is 14.4 Å². The van der Waals surface area contributed by atoms with Crippen molar-refractivity contribution < 1.29 is 14.4 Å². The van der Waals surface area contributed by atoms with Crippen LogP contribution in [-0.2, 0) is 14.4 Å². The Morgan fingerprint density at radius 2 is 1.73 bits per heavy atom. The monoisotopic (exact) mass is 413 g/mol. The van der Waals surface area contributed by atoms with Gasteiger partial charge in [0.2, 0.25) is 17.7 Å². The highest BCUT2D eigenvalue weighted by atomic mass is 16.2. The molecule has 3 amide bonds. The third-order valence-electron chi connectivity index (χ3n) is 6.62. The van der Waals surface area contributed by atoms with Crippen molar-refractivity contribution in [1.29, 1.82) is 0 Å². The van der Waals surface area contributed by atoms with Crippen molar-refractivity contribution >= 4 is 23.4 Å². The second-order valence-corrected chi connectivity index (χ2v) is 8.74. The highest BCUT2D eigenvalue weighted by Crippen LogP contribution is 2.30. The summed E-state index contributed by atoms with van der Waals surface area (Å²) in [5.41, 5.74) is 0.732. The summed E-state index contributed by atoms with van der Waals surface area (Å²) in [5, 5.41) is 6.00. The van der Waals surface area contributed by atoms with Gasteiger partial charge in [-0.3, -0.25) is 14.4 Å². The highest BCUT2D eigenvalue weighted by Gasteiger charge is 2.40. The number of benzene rings is 1. The van der Waals surface area contributed by atoms with E-state index in [-0.39, 0.29) is 29.6 Å². The molecular formula is C24H35N3O3. The number of amides is 3. The lowest BCUT2D eigenvalue weighted by molar-refractivity contribution is -0.142. The van der Waals surface area contributed by atoms with Crippen LogP contribution in [0.2, 0.25) is 0 Å². The molecule has 2 N–H and O–H groups in total. The molecule has 2 fully saturated rings. The molecule has 1 aromatic rings. The molecule has 1 aromatic carbocycles. The summed E-state index contributed by atoms with van der Waals surface area (Å²) >= 11 is 0. The van der Waals surface area contributed by atoms with Crippen LogP contribution in [-0.4, -0.2) is 41.2 Å². The summed E-state index contributed by atoms with van der Waals surface area (Å²) in [6.45, 7) is 4.43. The number of hydrogen-bond donors (Lipinski definition) is 2. The zero-order chi connectivity index (χ0) is 21.5. The van der Waals surface area contributed by atoms with Gasteiger partial charge in [0.05, 0.1) is 0 Å². The van der Waals surface area contributed by atoms with Crippen LogP contribution in [0.15, 0.2) is 30.3 Å². The molecule has 6 heteroatoms. The Kier molecular flexibility index (Phi) is 7.88. The molecule has 1 saturated heterocycles. The van der Waals surface area contributed by atoms with Gasteiger partial charge in [-0.1, -0.05) is 51.3 Å². The molecule has 164 valence electrons. The quantitative estimate of drug-likeness (QED) is 0.715. The molecule has 3 rings (SSSR count). The topological polar surface area (TPSA) is 78.5 Å². The Labute approximate surface area is 179 Å². The van der Waals surface area contributed by atoms with E-state index >= 15 is 0 Å². The minimum Gasteiger partial charge on any atom is -0.344 e. The van der Waals surface area contributed by atoms with Gasteiger partial charge in [0.15, 0.2) is 0 Å². The van der Waals surface area contributed by atoms with Crippen molar-refractivity contribution in [3.05, 3.63) is 30.3 Å². The summed E-state index contributed by atoms with van der Waals surface area (Å²) in [4.78, 5) is 40.8. The summed E-state index contributed by atoms with van der Waals surface area (Å²) < 4.78 is 0. The molecule has 3 atom stereocenters. The van der Waals surface area contributed by atoms with E-state index in [0.29, 0.717) is 13.0 Å². The molecule has 0 unspecified atom stereocenters. The van der Waals surface area contributed by atoms with Crippen LogP contribution in [0.5, 0.6) is 0 Å². The molecule has 0 aromatic heterocycles. The van der Waals surface area contributed by atoms with Crippen molar-refractivity contribution in [1.82, 2.24) is 10.2 Å². The molecule has 0 radical (unpaired) electrons. The fourth-order valence-electron chi connectivity index (χ4n) is 4.56. The average molecular weight is 414 g/mol. The van der Waals surface area contributed by atoms with Gasteiger partial charge >= 0.3 is 0 Å². The first-order chi connectivity index (χ1) is 14.5. The number of hydrogen-bond acceptors (Lipinski definition) is 3. The number of anilines is 1. The summed E-state index contributed by atoms with van der Waals surface area (Å²) in [5.74, 6) is -0.282. The van der Waals surface area contributed by atoms with E-state index in [1.807, 2.05) is 44.2 Å². The average Bonchev–Trinajstić information content (AvgIpc) is 3.27. The fraction of sp³-hybridized carbons (Fsp3) is 0.625. The first kappa shape index (κ1) is 22.3. The molecule has 2 aliphatic rings. The van der Waals surface area contributed by atoms with Gasteiger partial charge in [-0.2, -0.15) is 0 Å². The maximum absolute atomic E-state index is 13.6. The predicted octanol–water partition coefficient (Wildman–Crippen LogP) is 3.73. The van der Waals surface area contributed by atoms with Gasteiger partial charge in [0.25, 0.3) is 0 Å². The standard InChI is InChI=1S/C24H35N3O3/c1-3-17(2)22(28)26-21(18-11-6-4-7-12-18)24(30)27-16-10-15-20(27)23(29)25-19-13-8-5-9-14-19/h5,8-9,13-14,17-18,20-21H,3-4,6-7,10-12,15-16H2,1-2H3,(H,25,29)(H,26,28)/t17-,20+,21+/m1/s1. The van der Waals surface area contributed by atoms with Crippen LogP contribution in [0.25, 0.3) is 0 Å². The number of rotatable bonds is 7. The molecular weight excluding hydrogens is 378 g/mol. The zero-order valence-corrected chi connectivity index (χ0v) is 18.2. The molecule has 6 nitrogen and oxygen atoms in total. The van der Waals surface area contributed by atoms with Crippen molar-refractivity contribution in [2.24, 2.45) is 11.8 Å². The number of nitrogens with zero attached hydrogens (tertiary/aromatic N) is 1. The summed E-state index contributed by atoms with van der Waals surface area (Å²) in [6, 6.07) is 8.32. The fourth-order valence-corrected chi connectivity index (χ4v) is 4.56. The Balaban J connectivity index is 1.74. The minimum atomic E-state index is -0.531. The molecule has 30 heavy (non-hydrogen) atoms. The SMILES string of the molecule is CC[C@@H](C)C(=O)N[C@H](C(=O)N1CCC[C@H]1C(=O)Nc1ccccc1)C1CCCCC1. The van der Waals surface area contributed by atoms with Gasteiger partial charge in [-0.15, -0.1) is 0 Å². The lowest BCUT2D eigenvalue weighted by Gasteiger charge is -2.35. The van der Waals surface area contributed by atoms with Crippen LogP contribution in [0, 0.1) is 11.8 Å². The second kappa shape index (κ2) is 10.6. The lowest BCUT2D eigenvalue weighted by Crippen LogP contribution is -2.56. The van der Waals surface area contributed by atoms with E-state index in [4.69, 9.17) is 0 Å². The number of carbonyl (C=O) groups is 3. The third kappa shape index (κ3) is 5.41. The Morgan fingerprint density at radius 3 is 2.40 bits per heavy atom. The van der Waals surface area contributed by atoms with Crippen molar-refractivity contribution in [3.63, 3.8) is 0 Å². The first-order valence-electron chi connectivity index (χ1n) is 11.5. The van der Waals surface area contributed by atoms with Crippen LogP contribution >= 0.6 is 0 Å². The summed E-state index contributed by atoms with van der Waals surface area (Å²) in [7, 11) is 0. The van der Waals surface area contributed by atoms with Gasteiger partial charge in [0, 0.05) is 18.2 Å². The number of para-hydroxylation sites is 1. The zero-order valence-electron chi connectivity index (χ0n) is 18.2. The van der Waals surface area contributed by atoms with E-state index in [0.717, 1.165) is 44.2 Å². The van der Waals surface area contributed by atoms with Gasteiger partial charge in [0.1, 0.15) is 12.1 Å². The maximum Gasteiger partial charge on any atom is 0.247 e. The first-order valence-corrected chi connectivity index (χ1v) is 11.5. The molecule has 1 saturated carbocycles. The predicted molar refractivity (Wildman–Crippen MR) is 118 cm³/mol. The Hall–Kier alpha value is -2.37. The molecule has 1 heterocycles. The van der Waals surface area contributed by atoms with Crippen molar-refractivity contribution in [2.45, 2.75) is 77.3 Å². The minimum absolute atomic E-state index is 0.0640. The highest BCUT2D eigenvalue weighted by molar-refractivity contribution is 5.99. The third-order valence-corrected chi connectivity index (χ3v) is 6.62. The van der Waals surface area contributed by atoms with E-state index in [2.05, 4.69) is 10.6 Å². The van der Waals surface area contributed by atoms with E-state index < -0.39 is 12.1 Å². The van der Waals surface area contributed by atoms with Crippen LogP contribution in [0.1, 0.15) is 65.2 Å². The van der Waals surface area contributed by atoms with Gasteiger partial charge in [-0.25, -0.2) is 0 Å². The number of carbonyl (C=O) groups excluding carboxylic acids is 3. The lowest BCUT2D eigenvalue weighted by atomic mass is 9.83. The van der Waals surface area contributed by atoms with E-state index in [1.165, 1.54) is 6.42 Å². The van der Waals surface area contributed by atoms with E-state index in [1.54, 1.807) is 4.90 Å². The molecule has 1 aliphatic carbocycles. The smallest absolute Gasteiger partial charge is 0.247 e. The maximum atomic E-state index is 13.6. The second-order valence-electron chi connectivity index (χ2n) is 8.74. The molecule has 1 aliphatic heterocycles.